The molecule has 244 valence electrons. The lowest BCUT2D eigenvalue weighted by atomic mass is 9.90. The summed E-state index contributed by atoms with van der Waals surface area (Å²) in [5.41, 5.74) is 1.84. The molecule has 0 radical (unpaired) electrons. The first-order chi connectivity index (χ1) is 20.7. The number of hydrogen-bond acceptors (Lipinski definition) is 6. The van der Waals surface area contributed by atoms with E-state index in [0.29, 0.717) is 54.1 Å². The third kappa shape index (κ3) is 9.64. The first-order valence-corrected chi connectivity index (χ1v) is 19.4. The van der Waals surface area contributed by atoms with Crippen LogP contribution in [0.5, 0.6) is 0 Å². The van der Waals surface area contributed by atoms with Crippen LogP contribution in [0.2, 0.25) is 10.0 Å². The summed E-state index contributed by atoms with van der Waals surface area (Å²) in [4.78, 5) is 18.2. The van der Waals surface area contributed by atoms with E-state index in [-0.39, 0.29) is 22.8 Å². The third-order valence-corrected chi connectivity index (χ3v) is 12.2. The minimum atomic E-state index is -3.49. The SMILES string of the molecule is CC(C)NS(=O)(=O)c1ccc(CC2CCN(CCCN(C(=O)C3CCN(S(C)(=O)=O)CC3)c3ccc(Cl)c(Cl)c3)CC2)cc1. The molecule has 0 atom stereocenters. The second-order valence-corrected chi connectivity index (χ2v) is 16.8. The van der Waals surface area contributed by atoms with E-state index in [9.17, 15) is 21.6 Å². The van der Waals surface area contributed by atoms with E-state index >= 15 is 0 Å². The number of amides is 1. The second kappa shape index (κ2) is 15.2. The van der Waals surface area contributed by atoms with Gasteiger partial charge in [0.05, 0.1) is 21.2 Å². The van der Waals surface area contributed by atoms with Crippen LogP contribution in [0.15, 0.2) is 47.4 Å². The Balaban J connectivity index is 1.29. The molecule has 1 amide bonds. The molecule has 2 aliphatic heterocycles. The number of rotatable bonds is 12. The Morgan fingerprint density at radius 3 is 2.14 bits per heavy atom. The molecule has 1 N–H and O–H groups in total. The van der Waals surface area contributed by atoms with Crippen molar-refractivity contribution in [3.8, 4) is 0 Å². The zero-order valence-corrected chi connectivity index (χ0v) is 28.9. The monoisotopic (exact) mass is 686 g/mol. The van der Waals surface area contributed by atoms with Crippen molar-refractivity contribution in [2.75, 3.05) is 50.4 Å². The molecule has 2 aromatic carbocycles. The minimum Gasteiger partial charge on any atom is -0.312 e. The lowest BCUT2D eigenvalue weighted by Crippen LogP contribution is -2.45. The number of nitrogens with zero attached hydrogens (tertiary/aromatic N) is 3. The number of hydrogen-bond donors (Lipinski definition) is 1. The van der Waals surface area contributed by atoms with E-state index in [1.165, 1.54) is 10.6 Å². The fourth-order valence-electron chi connectivity index (χ4n) is 6.06. The topological polar surface area (TPSA) is 107 Å². The van der Waals surface area contributed by atoms with Crippen molar-refractivity contribution < 1.29 is 21.6 Å². The van der Waals surface area contributed by atoms with Gasteiger partial charge in [0.2, 0.25) is 26.0 Å². The van der Waals surface area contributed by atoms with Gasteiger partial charge in [0.15, 0.2) is 0 Å². The number of piperidine rings is 2. The lowest BCUT2D eigenvalue weighted by molar-refractivity contribution is -0.123. The first kappa shape index (κ1) is 35.1. The molecule has 0 aliphatic carbocycles. The van der Waals surface area contributed by atoms with Gasteiger partial charge >= 0.3 is 0 Å². The number of anilines is 1. The summed E-state index contributed by atoms with van der Waals surface area (Å²) in [5.74, 6) is 0.280. The van der Waals surface area contributed by atoms with Crippen molar-refractivity contribution in [1.29, 1.82) is 0 Å². The Bertz CT molecular complexity index is 1490. The van der Waals surface area contributed by atoms with Gasteiger partial charge in [-0.3, -0.25) is 4.79 Å². The molecule has 2 fully saturated rings. The van der Waals surface area contributed by atoms with Gasteiger partial charge < -0.3 is 9.80 Å². The van der Waals surface area contributed by atoms with Crippen LogP contribution in [0.25, 0.3) is 0 Å². The highest BCUT2D eigenvalue weighted by molar-refractivity contribution is 7.89. The Hall–Kier alpha value is -1.73. The Kier molecular flexibility index (Phi) is 12.2. The van der Waals surface area contributed by atoms with Crippen molar-refractivity contribution in [3.63, 3.8) is 0 Å². The van der Waals surface area contributed by atoms with E-state index in [1.807, 2.05) is 18.2 Å². The quantitative estimate of drug-likeness (QED) is 0.336. The summed E-state index contributed by atoms with van der Waals surface area (Å²) in [5, 5.41) is 0.815. The number of halogens is 2. The number of nitrogens with one attached hydrogen (secondary N) is 1. The number of carbonyl (C=O) groups excluding carboxylic acids is 1. The third-order valence-electron chi connectivity index (χ3n) is 8.47. The van der Waals surface area contributed by atoms with E-state index in [2.05, 4.69) is 9.62 Å². The predicted molar refractivity (Wildman–Crippen MR) is 177 cm³/mol. The zero-order valence-electron chi connectivity index (χ0n) is 25.7. The standard InChI is InChI=1S/C31H44Cl2N4O5S2/c1-23(2)34-44(41,42)28-8-5-24(6-9-28)21-25-11-17-35(18-12-25)15-4-16-37(27-7-10-29(32)30(33)22-27)31(38)26-13-19-36(20-14-26)43(3,39)40/h5-10,22-23,25-26,34H,4,11-21H2,1-3H3. The van der Waals surface area contributed by atoms with Crippen molar-refractivity contribution in [2.45, 2.75) is 63.3 Å². The van der Waals surface area contributed by atoms with Crippen molar-refractivity contribution in [2.24, 2.45) is 11.8 Å². The predicted octanol–water partition coefficient (Wildman–Crippen LogP) is 5.03. The summed E-state index contributed by atoms with van der Waals surface area (Å²) < 4.78 is 52.8. The van der Waals surface area contributed by atoms with Gasteiger partial charge in [-0.15, -0.1) is 0 Å². The van der Waals surface area contributed by atoms with E-state index in [0.717, 1.165) is 50.9 Å². The summed E-state index contributed by atoms with van der Waals surface area (Å²) in [6.07, 6.45) is 6.02. The van der Waals surface area contributed by atoms with E-state index < -0.39 is 20.0 Å². The van der Waals surface area contributed by atoms with Crippen LogP contribution in [0.4, 0.5) is 5.69 Å². The number of likely N-dealkylation sites (tertiary alicyclic amines) is 1. The maximum absolute atomic E-state index is 13.7. The highest BCUT2D eigenvalue weighted by Gasteiger charge is 2.32. The summed E-state index contributed by atoms with van der Waals surface area (Å²) in [7, 11) is -6.76. The van der Waals surface area contributed by atoms with Gasteiger partial charge in [0.25, 0.3) is 0 Å². The average Bonchev–Trinajstić information content (AvgIpc) is 2.97. The molecule has 0 spiro atoms. The summed E-state index contributed by atoms with van der Waals surface area (Å²) in [6.45, 7) is 7.64. The minimum absolute atomic E-state index is 0.00551. The molecule has 2 saturated heterocycles. The summed E-state index contributed by atoms with van der Waals surface area (Å²) in [6, 6.07) is 12.3. The molecule has 44 heavy (non-hydrogen) atoms. The molecule has 2 heterocycles. The van der Waals surface area contributed by atoms with E-state index in [1.54, 1.807) is 43.0 Å². The largest absolute Gasteiger partial charge is 0.312 e. The van der Waals surface area contributed by atoms with Crippen molar-refractivity contribution in [1.82, 2.24) is 13.9 Å². The molecule has 0 aromatic heterocycles. The van der Waals surface area contributed by atoms with Crippen LogP contribution in [-0.2, 0) is 31.3 Å². The van der Waals surface area contributed by atoms with Gasteiger partial charge in [0, 0.05) is 37.3 Å². The lowest BCUT2D eigenvalue weighted by Gasteiger charge is -2.35. The van der Waals surface area contributed by atoms with Gasteiger partial charge in [0.1, 0.15) is 0 Å². The van der Waals surface area contributed by atoms with E-state index in [4.69, 9.17) is 23.2 Å². The van der Waals surface area contributed by atoms with Crippen molar-refractivity contribution in [3.05, 3.63) is 58.1 Å². The fraction of sp³-hybridized carbons (Fsp3) is 0.581. The number of carbonyl (C=O) groups is 1. The maximum atomic E-state index is 13.7. The second-order valence-electron chi connectivity index (χ2n) is 12.3. The van der Waals surface area contributed by atoms with Gasteiger partial charge in [-0.05, 0) is 114 Å². The highest BCUT2D eigenvalue weighted by atomic mass is 35.5. The Labute approximate surface area is 273 Å². The van der Waals surface area contributed by atoms with Crippen LogP contribution < -0.4 is 9.62 Å². The normalized spacial score (nSPS) is 18.1. The molecule has 0 unspecified atom stereocenters. The molecule has 2 aliphatic rings. The molecule has 0 saturated carbocycles. The highest BCUT2D eigenvalue weighted by Crippen LogP contribution is 2.30. The molecule has 4 rings (SSSR count). The molecule has 0 bridgehead atoms. The zero-order chi connectivity index (χ0) is 32.1. The average molecular weight is 688 g/mol. The number of sulfonamides is 2. The maximum Gasteiger partial charge on any atom is 0.240 e. The van der Waals surface area contributed by atoms with Gasteiger partial charge in [-0.25, -0.2) is 25.9 Å². The first-order valence-electron chi connectivity index (χ1n) is 15.3. The molecule has 13 heteroatoms. The Morgan fingerprint density at radius 2 is 1.57 bits per heavy atom. The molecular weight excluding hydrogens is 643 g/mol. The summed E-state index contributed by atoms with van der Waals surface area (Å²) >= 11 is 12.5. The van der Waals surface area contributed by atoms with Crippen molar-refractivity contribution >= 4 is 54.8 Å². The van der Waals surface area contributed by atoms with Crippen LogP contribution >= 0.6 is 23.2 Å². The fourth-order valence-corrected chi connectivity index (χ4v) is 8.47. The smallest absolute Gasteiger partial charge is 0.240 e. The van der Waals surface area contributed by atoms with Gasteiger partial charge in [-0.2, -0.15) is 0 Å². The van der Waals surface area contributed by atoms with Crippen LogP contribution in [0, 0.1) is 11.8 Å². The van der Waals surface area contributed by atoms with Gasteiger partial charge in [-0.1, -0.05) is 35.3 Å². The molecule has 2 aromatic rings. The van der Waals surface area contributed by atoms with Crippen LogP contribution in [0.1, 0.15) is 51.5 Å². The number of benzene rings is 2. The van der Waals surface area contributed by atoms with Crippen LogP contribution in [-0.4, -0.2) is 83.5 Å². The molecular formula is C31H44Cl2N4O5S2. The Morgan fingerprint density at radius 1 is 0.932 bits per heavy atom. The van der Waals surface area contributed by atoms with Crippen LogP contribution in [0.3, 0.4) is 0 Å². The molecule has 9 nitrogen and oxygen atoms in total.